The molecule has 1 aliphatic rings. The molecular weight excluding hydrogens is 610 g/mol. The van der Waals surface area contributed by atoms with Crippen LogP contribution in [0.3, 0.4) is 0 Å². The van der Waals surface area contributed by atoms with E-state index in [4.69, 9.17) is 10.5 Å². The second-order valence-electron chi connectivity index (χ2n) is 6.56. The largest absolute Gasteiger partial charge is 0.496 e. The number of rotatable bonds is 5. The highest BCUT2D eigenvalue weighted by Crippen LogP contribution is 2.31. The molecule has 2 amide bonds. The Bertz CT molecular complexity index is 996. The van der Waals surface area contributed by atoms with Gasteiger partial charge in [-0.15, -0.1) is 5.92 Å². The number of halogens is 2. The minimum atomic E-state index is -0.570. The SMILES string of the molecule is CC#Cc1cnc(NC[C@@H]2CCC(=O)N2)c2cc(OC)c(C(N)=O)cc12.CC(I)I. The second kappa shape index (κ2) is 11.5. The van der Waals surface area contributed by atoms with Crippen molar-refractivity contribution in [1.82, 2.24) is 10.3 Å². The molecule has 4 N–H and O–H groups in total. The number of anilines is 1. The fourth-order valence-electron chi connectivity index (χ4n) is 3.05. The number of aromatic nitrogens is 1. The van der Waals surface area contributed by atoms with Crippen LogP contribution in [0.15, 0.2) is 18.3 Å². The lowest BCUT2D eigenvalue weighted by Crippen LogP contribution is -2.32. The first-order valence-corrected chi connectivity index (χ1v) is 11.8. The van der Waals surface area contributed by atoms with Crippen LogP contribution in [0.25, 0.3) is 10.8 Å². The fourth-order valence-corrected chi connectivity index (χ4v) is 3.05. The molecule has 1 aromatic heterocycles. The predicted molar refractivity (Wildman–Crippen MR) is 137 cm³/mol. The summed E-state index contributed by atoms with van der Waals surface area (Å²) in [5.41, 5.74) is 6.46. The number of carbonyl (C=O) groups is 2. The zero-order valence-electron chi connectivity index (χ0n) is 17.0. The molecule has 1 aliphatic heterocycles. The molecule has 0 unspecified atom stereocenters. The maximum atomic E-state index is 11.7. The number of carbonyl (C=O) groups excluding carboxylic acids is 2. The smallest absolute Gasteiger partial charge is 0.252 e. The summed E-state index contributed by atoms with van der Waals surface area (Å²) in [6.07, 6.45) is 2.99. The van der Waals surface area contributed by atoms with Crippen LogP contribution in [0.1, 0.15) is 42.6 Å². The average Bonchev–Trinajstić information content (AvgIpc) is 3.11. The molecule has 1 aromatic carbocycles. The molecule has 1 fully saturated rings. The molecule has 0 aliphatic carbocycles. The van der Waals surface area contributed by atoms with Crippen LogP contribution >= 0.6 is 45.2 Å². The van der Waals surface area contributed by atoms with Gasteiger partial charge in [-0.3, -0.25) is 9.59 Å². The van der Waals surface area contributed by atoms with Gasteiger partial charge < -0.3 is 21.1 Å². The van der Waals surface area contributed by atoms with Crippen LogP contribution in [0.5, 0.6) is 5.75 Å². The Morgan fingerprint density at radius 1 is 1.43 bits per heavy atom. The van der Waals surface area contributed by atoms with E-state index in [1.807, 2.05) is 0 Å². The summed E-state index contributed by atoms with van der Waals surface area (Å²) in [6.45, 7) is 4.44. The summed E-state index contributed by atoms with van der Waals surface area (Å²) in [5, 5.41) is 7.73. The minimum Gasteiger partial charge on any atom is -0.496 e. The quantitative estimate of drug-likeness (QED) is 0.265. The standard InChI is InChI=1S/C19H20N4O3.C2H4I2/c1-3-4-11-9-21-19(22-10-12-5-6-17(24)23-12)14-8-16(26-2)15(18(20)25)7-13(11)14;1-2(3)4/h7-9,12H,5-6,10H2,1-2H3,(H2,20,25)(H,21,22)(H,23,24);2H,1H3/t12-;/m0./s1. The van der Waals surface area contributed by atoms with Crippen LogP contribution in [0.4, 0.5) is 5.82 Å². The number of ether oxygens (including phenoxy) is 1. The number of fused-ring (bicyclic) bond motifs is 1. The Morgan fingerprint density at radius 3 is 2.67 bits per heavy atom. The van der Waals surface area contributed by atoms with Gasteiger partial charge in [0.05, 0.1) is 20.2 Å². The number of benzene rings is 1. The van der Waals surface area contributed by atoms with E-state index >= 15 is 0 Å². The highest BCUT2D eigenvalue weighted by molar-refractivity contribution is 14.2. The van der Waals surface area contributed by atoms with E-state index < -0.39 is 5.91 Å². The molecule has 0 spiro atoms. The fraction of sp³-hybridized carbons (Fsp3) is 0.381. The molecular formula is C21H24I2N4O3. The van der Waals surface area contributed by atoms with Crippen molar-refractivity contribution < 1.29 is 14.3 Å². The van der Waals surface area contributed by atoms with Gasteiger partial charge in [0.25, 0.3) is 5.91 Å². The lowest BCUT2D eigenvalue weighted by Gasteiger charge is -2.15. The number of nitrogens with two attached hydrogens (primary N) is 1. The van der Waals surface area contributed by atoms with E-state index in [-0.39, 0.29) is 11.9 Å². The highest BCUT2D eigenvalue weighted by Gasteiger charge is 2.21. The van der Waals surface area contributed by atoms with Gasteiger partial charge in [0.1, 0.15) is 11.6 Å². The molecule has 2 heterocycles. The van der Waals surface area contributed by atoms with Crippen LogP contribution in [0, 0.1) is 11.8 Å². The number of hydrogen-bond acceptors (Lipinski definition) is 5. The topological polar surface area (TPSA) is 106 Å². The van der Waals surface area contributed by atoms with Crippen LogP contribution in [-0.2, 0) is 4.79 Å². The van der Waals surface area contributed by atoms with E-state index in [9.17, 15) is 9.59 Å². The molecule has 7 nitrogen and oxygen atoms in total. The van der Waals surface area contributed by atoms with Crippen molar-refractivity contribution in [2.75, 3.05) is 19.0 Å². The maximum absolute atomic E-state index is 11.7. The number of pyridine rings is 1. The first-order chi connectivity index (χ1) is 14.3. The van der Waals surface area contributed by atoms with E-state index in [1.54, 1.807) is 25.3 Å². The van der Waals surface area contributed by atoms with E-state index in [0.29, 0.717) is 35.7 Å². The normalized spacial score (nSPS) is 15.0. The first-order valence-electron chi connectivity index (χ1n) is 9.31. The molecule has 0 radical (unpaired) electrons. The van der Waals surface area contributed by atoms with Crippen molar-refractivity contribution in [3.63, 3.8) is 0 Å². The van der Waals surface area contributed by atoms with Gasteiger partial charge >= 0.3 is 0 Å². The van der Waals surface area contributed by atoms with Crippen molar-refractivity contribution in [1.29, 1.82) is 0 Å². The van der Waals surface area contributed by atoms with Gasteiger partial charge in [-0.1, -0.05) is 51.1 Å². The summed E-state index contributed by atoms with van der Waals surface area (Å²) in [7, 11) is 1.48. The number of methoxy groups -OCH3 is 1. The Morgan fingerprint density at radius 2 is 2.13 bits per heavy atom. The number of nitrogens with one attached hydrogen (secondary N) is 2. The van der Waals surface area contributed by atoms with Crippen molar-refractivity contribution in [3.05, 3.63) is 29.5 Å². The van der Waals surface area contributed by atoms with Gasteiger partial charge in [-0.2, -0.15) is 0 Å². The van der Waals surface area contributed by atoms with Crippen molar-refractivity contribution in [2.45, 2.75) is 34.7 Å². The van der Waals surface area contributed by atoms with Gasteiger partial charge in [0.2, 0.25) is 5.91 Å². The highest BCUT2D eigenvalue weighted by atomic mass is 127. The predicted octanol–water partition coefficient (Wildman–Crippen LogP) is 3.61. The molecule has 1 saturated heterocycles. The summed E-state index contributed by atoms with van der Waals surface area (Å²) in [6, 6.07) is 3.49. The third-order valence-electron chi connectivity index (χ3n) is 4.33. The van der Waals surface area contributed by atoms with Crippen molar-refractivity contribution in [3.8, 4) is 17.6 Å². The first kappa shape index (κ1) is 24.5. The molecule has 9 heteroatoms. The molecule has 1 atom stereocenters. The Balaban J connectivity index is 0.000000735. The zero-order chi connectivity index (χ0) is 22.3. The van der Waals surface area contributed by atoms with E-state index in [1.165, 1.54) is 7.11 Å². The number of alkyl halides is 2. The third-order valence-corrected chi connectivity index (χ3v) is 4.33. The number of hydrogen-bond donors (Lipinski definition) is 3. The third kappa shape index (κ3) is 6.60. The molecule has 0 bridgehead atoms. The molecule has 3 rings (SSSR count). The summed E-state index contributed by atoms with van der Waals surface area (Å²) in [5.74, 6) is 6.36. The summed E-state index contributed by atoms with van der Waals surface area (Å²) < 4.78 is 6.09. The minimum absolute atomic E-state index is 0.0657. The molecule has 30 heavy (non-hydrogen) atoms. The van der Waals surface area contributed by atoms with Crippen LogP contribution < -0.4 is 21.1 Å². The Kier molecular flexibility index (Phi) is 9.41. The number of nitrogens with zero attached hydrogens (tertiary/aromatic N) is 1. The summed E-state index contributed by atoms with van der Waals surface area (Å²) >= 11 is 4.66. The van der Waals surface area contributed by atoms with Crippen LogP contribution in [0.2, 0.25) is 0 Å². The number of primary amides is 1. The van der Waals surface area contributed by atoms with Crippen molar-refractivity contribution >= 4 is 73.6 Å². The van der Waals surface area contributed by atoms with E-state index in [2.05, 4.69) is 79.6 Å². The lowest BCUT2D eigenvalue weighted by atomic mass is 10.0. The monoisotopic (exact) mass is 634 g/mol. The lowest BCUT2D eigenvalue weighted by molar-refractivity contribution is -0.119. The Labute approximate surface area is 203 Å². The van der Waals surface area contributed by atoms with Gasteiger partial charge in [0.15, 0.2) is 0 Å². The molecule has 0 saturated carbocycles. The zero-order valence-corrected chi connectivity index (χ0v) is 21.3. The number of amides is 2. The summed E-state index contributed by atoms with van der Waals surface area (Å²) in [4.78, 5) is 27.5. The second-order valence-corrected chi connectivity index (χ2v) is 12.7. The van der Waals surface area contributed by atoms with Crippen LogP contribution in [-0.4, -0.2) is 38.4 Å². The van der Waals surface area contributed by atoms with Gasteiger partial charge in [-0.25, -0.2) is 4.98 Å². The average molecular weight is 634 g/mol. The molecule has 2 aromatic rings. The van der Waals surface area contributed by atoms with E-state index in [0.717, 1.165) is 19.1 Å². The van der Waals surface area contributed by atoms with Crippen molar-refractivity contribution in [2.24, 2.45) is 5.73 Å². The van der Waals surface area contributed by atoms with Gasteiger partial charge in [-0.05, 0) is 32.4 Å². The van der Waals surface area contributed by atoms with Gasteiger partial charge in [0, 0.05) is 36.0 Å². The Hall–Kier alpha value is -1.81. The molecule has 160 valence electrons. The maximum Gasteiger partial charge on any atom is 0.252 e.